The first-order chi connectivity index (χ1) is 14.4. The van der Waals surface area contributed by atoms with E-state index in [2.05, 4.69) is 10.0 Å². The monoisotopic (exact) mass is 426 g/mol. The zero-order chi connectivity index (χ0) is 21.6. The Morgan fingerprint density at radius 2 is 1.90 bits per heavy atom. The Hall–Kier alpha value is -3.36. The summed E-state index contributed by atoms with van der Waals surface area (Å²) in [5.41, 5.74) is 2.26. The number of methoxy groups -OCH3 is 1. The van der Waals surface area contributed by atoms with Gasteiger partial charge in [-0.05, 0) is 60.5 Å². The van der Waals surface area contributed by atoms with E-state index in [1.165, 1.54) is 31.6 Å². The molecule has 0 fully saturated rings. The number of anilines is 1. The zero-order valence-electron chi connectivity index (χ0n) is 16.6. The molecule has 0 unspecified atom stereocenters. The van der Waals surface area contributed by atoms with Gasteiger partial charge >= 0.3 is 0 Å². The van der Waals surface area contributed by atoms with Gasteiger partial charge in [0.2, 0.25) is 15.9 Å². The number of rotatable bonds is 8. The Labute approximate surface area is 175 Å². The standard InChI is InChI=1S/C22H22N2O5S/c1-16-5-11-21(28-2)20(14-16)24-22(25)12-8-17-6-9-19(10-7-17)30(26,27)23-15-18-4-3-13-29-18/h3-14,23H,15H2,1-2H3,(H,24,25)/b12-8+. The topological polar surface area (TPSA) is 97.6 Å². The van der Waals surface area contributed by atoms with Gasteiger partial charge in [-0.3, -0.25) is 4.79 Å². The summed E-state index contributed by atoms with van der Waals surface area (Å²) in [7, 11) is -2.13. The third kappa shape index (κ3) is 5.59. The third-order valence-electron chi connectivity index (χ3n) is 4.25. The fourth-order valence-electron chi connectivity index (χ4n) is 2.69. The van der Waals surface area contributed by atoms with E-state index in [4.69, 9.17) is 9.15 Å². The van der Waals surface area contributed by atoms with Crippen LogP contribution >= 0.6 is 0 Å². The molecule has 1 aromatic heterocycles. The van der Waals surface area contributed by atoms with Crippen LogP contribution in [0.1, 0.15) is 16.9 Å². The van der Waals surface area contributed by atoms with Crippen molar-refractivity contribution in [3.8, 4) is 5.75 Å². The van der Waals surface area contributed by atoms with Gasteiger partial charge in [-0.25, -0.2) is 13.1 Å². The van der Waals surface area contributed by atoms with Crippen LogP contribution in [0.2, 0.25) is 0 Å². The second kappa shape index (κ2) is 9.43. The number of nitrogens with one attached hydrogen (secondary N) is 2. The molecule has 0 spiro atoms. The summed E-state index contributed by atoms with van der Waals surface area (Å²) in [6, 6.07) is 15.1. The van der Waals surface area contributed by atoms with Crippen LogP contribution in [0.4, 0.5) is 5.69 Å². The van der Waals surface area contributed by atoms with Crippen molar-refractivity contribution in [2.24, 2.45) is 0 Å². The molecule has 156 valence electrons. The lowest BCUT2D eigenvalue weighted by Gasteiger charge is -2.09. The first-order valence-electron chi connectivity index (χ1n) is 9.13. The van der Waals surface area contributed by atoms with E-state index in [1.807, 2.05) is 19.1 Å². The van der Waals surface area contributed by atoms with Crippen molar-refractivity contribution in [3.05, 3.63) is 83.8 Å². The van der Waals surface area contributed by atoms with E-state index in [0.29, 0.717) is 22.8 Å². The van der Waals surface area contributed by atoms with Crippen molar-refractivity contribution in [3.63, 3.8) is 0 Å². The van der Waals surface area contributed by atoms with Crippen LogP contribution in [0.5, 0.6) is 5.75 Å². The molecule has 0 saturated heterocycles. The number of hydrogen-bond acceptors (Lipinski definition) is 5. The van der Waals surface area contributed by atoms with Crippen molar-refractivity contribution in [2.45, 2.75) is 18.4 Å². The molecule has 0 atom stereocenters. The van der Waals surface area contributed by atoms with Gasteiger partial charge in [0.1, 0.15) is 11.5 Å². The second-order valence-electron chi connectivity index (χ2n) is 6.50. The van der Waals surface area contributed by atoms with Crippen LogP contribution in [0, 0.1) is 6.92 Å². The van der Waals surface area contributed by atoms with E-state index >= 15 is 0 Å². The average Bonchev–Trinajstić information content (AvgIpc) is 3.25. The lowest BCUT2D eigenvalue weighted by Crippen LogP contribution is -2.22. The summed E-state index contributed by atoms with van der Waals surface area (Å²) >= 11 is 0. The van der Waals surface area contributed by atoms with Crippen molar-refractivity contribution in [1.29, 1.82) is 0 Å². The van der Waals surface area contributed by atoms with Crippen molar-refractivity contribution in [1.82, 2.24) is 4.72 Å². The van der Waals surface area contributed by atoms with E-state index in [1.54, 1.807) is 36.4 Å². The largest absolute Gasteiger partial charge is 0.495 e. The molecule has 0 aliphatic heterocycles. The SMILES string of the molecule is COc1ccc(C)cc1NC(=O)/C=C/c1ccc(S(=O)(=O)NCc2ccco2)cc1. The van der Waals surface area contributed by atoms with Crippen LogP contribution in [0.15, 0.2) is 76.2 Å². The lowest BCUT2D eigenvalue weighted by atomic mass is 10.2. The quantitative estimate of drug-likeness (QED) is 0.535. The molecule has 30 heavy (non-hydrogen) atoms. The number of hydrogen-bond donors (Lipinski definition) is 2. The van der Waals surface area contributed by atoms with Gasteiger partial charge in [0.05, 0.1) is 30.5 Å². The zero-order valence-corrected chi connectivity index (χ0v) is 17.4. The number of carbonyl (C=O) groups excluding carboxylic acids is 1. The number of benzene rings is 2. The first kappa shape index (κ1) is 21.4. The predicted molar refractivity (Wildman–Crippen MR) is 115 cm³/mol. The third-order valence-corrected chi connectivity index (χ3v) is 5.66. The lowest BCUT2D eigenvalue weighted by molar-refractivity contribution is -0.111. The number of aryl methyl sites for hydroxylation is 1. The summed E-state index contributed by atoms with van der Waals surface area (Å²) in [4.78, 5) is 12.3. The maximum absolute atomic E-state index is 12.3. The van der Waals surface area contributed by atoms with E-state index in [-0.39, 0.29) is 17.3 Å². The highest BCUT2D eigenvalue weighted by Gasteiger charge is 2.14. The highest BCUT2D eigenvalue weighted by molar-refractivity contribution is 7.89. The number of carbonyl (C=O) groups is 1. The highest BCUT2D eigenvalue weighted by Crippen LogP contribution is 2.25. The van der Waals surface area contributed by atoms with Crippen molar-refractivity contribution in [2.75, 3.05) is 12.4 Å². The highest BCUT2D eigenvalue weighted by atomic mass is 32.2. The van der Waals surface area contributed by atoms with Gasteiger partial charge in [0.15, 0.2) is 0 Å². The molecule has 1 heterocycles. The van der Waals surface area contributed by atoms with Crippen molar-refractivity contribution < 1.29 is 22.4 Å². The molecule has 0 aliphatic carbocycles. The molecule has 2 N–H and O–H groups in total. The molecular weight excluding hydrogens is 404 g/mol. The second-order valence-corrected chi connectivity index (χ2v) is 8.27. The number of sulfonamides is 1. The Morgan fingerprint density at radius 3 is 2.57 bits per heavy atom. The Bertz CT molecular complexity index is 1130. The molecule has 3 rings (SSSR count). The summed E-state index contributed by atoms with van der Waals surface area (Å²) in [6.45, 7) is 1.99. The number of furan rings is 1. The van der Waals surface area contributed by atoms with Gasteiger partial charge in [-0.15, -0.1) is 0 Å². The van der Waals surface area contributed by atoms with Crippen molar-refractivity contribution >= 4 is 27.7 Å². The molecule has 0 radical (unpaired) electrons. The molecule has 2 aromatic carbocycles. The van der Waals surface area contributed by atoms with E-state index < -0.39 is 10.0 Å². The smallest absolute Gasteiger partial charge is 0.248 e. The van der Waals surface area contributed by atoms with Crippen LogP contribution in [-0.4, -0.2) is 21.4 Å². The first-order valence-corrected chi connectivity index (χ1v) is 10.6. The molecule has 8 heteroatoms. The predicted octanol–water partition coefficient (Wildman–Crippen LogP) is 3.73. The minimum absolute atomic E-state index is 0.0690. The fraction of sp³-hybridized carbons (Fsp3) is 0.136. The Morgan fingerprint density at radius 1 is 1.13 bits per heavy atom. The summed E-state index contributed by atoms with van der Waals surface area (Å²) in [5, 5.41) is 2.77. The summed E-state index contributed by atoms with van der Waals surface area (Å²) in [5.74, 6) is 0.768. The molecule has 3 aromatic rings. The summed E-state index contributed by atoms with van der Waals surface area (Å²) < 4.78 is 37.5. The minimum atomic E-state index is -3.66. The average molecular weight is 426 g/mol. The number of ether oxygens (including phenoxy) is 1. The summed E-state index contributed by atoms with van der Waals surface area (Å²) in [6.07, 6.45) is 4.46. The normalized spacial score (nSPS) is 11.5. The molecule has 7 nitrogen and oxygen atoms in total. The molecule has 0 aliphatic rings. The molecular formula is C22H22N2O5S. The van der Waals surface area contributed by atoms with Gasteiger partial charge in [0, 0.05) is 6.08 Å². The van der Waals surface area contributed by atoms with Crippen LogP contribution < -0.4 is 14.8 Å². The van der Waals surface area contributed by atoms with Gasteiger partial charge in [-0.2, -0.15) is 0 Å². The Kier molecular flexibility index (Phi) is 6.71. The number of amides is 1. The van der Waals surface area contributed by atoms with Crippen LogP contribution in [0.3, 0.4) is 0 Å². The molecule has 0 saturated carbocycles. The van der Waals surface area contributed by atoms with Crippen LogP contribution in [-0.2, 0) is 21.4 Å². The maximum atomic E-state index is 12.3. The van der Waals surface area contributed by atoms with Crippen LogP contribution in [0.25, 0.3) is 6.08 Å². The molecule has 1 amide bonds. The minimum Gasteiger partial charge on any atom is -0.495 e. The van der Waals surface area contributed by atoms with Gasteiger partial charge in [-0.1, -0.05) is 18.2 Å². The van der Waals surface area contributed by atoms with E-state index in [0.717, 1.165) is 5.56 Å². The molecule has 0 bridgehead atoms. The fourth-order valence-corrected chi connectivity index (χ4v) is 3.68. The van der Waals surface area contributed by atoms with Gasteiger partial charge < -0.3 is 14.5 Å². The Balaban J connectivity index is 1.63. The van der Waals surface area contributed by atoms with Gasteiger partial charge in [0.25, 0.3) is 0 Å². The van der Waals surface area contributed by atoms with E-state index in [9.17, 15) is 13.2 Å². The maximum Gasteiger partial charge on any atom is 0.248 e.